The van der Waals surface area contributed by atoms with Gasteiger partial charge in [0, 0.05) is 0 Å². The number of hydrogen-bond donors (Lipinski definition) is 0. The average Bonchev–Trinajstić information content (AvgIpc) is 2.31. The molecule has 0 saturated carbocycles. The van der Waals surface area contributed by atoms with Crippen molar-refractivity contribution in [1.29, 1.82) is 0 Å². The van der Waals surface area contributed by atoms with Gasteiger partial charge in [0.2, 0.25) is 0 Å². The molecule has 0 bridgehead atoms. The molecule has 0 fully saturated rings. The van der Waals surface area contributed by atoms with E-state index in [1.54, 1.807) is 0 Å². The normalized spacial score (nSPS) is 9.07. The molecule has 0 unspecified atom stereocenters. The minimum atomic E-state index is 0.820. The predicted octanol–water partition coefficient (Wildman–Crippen LogP) is 4.45. The van der Waals surface area contributed by atoms with Crippen molar-refractivity contribution in [2.75, 3.05) is 6.61 Å². The molecule has 86 valence electrons. The fourth-order valence-corrected chi connectivity index (χ4v) is 1.33. The summed E-state index contributed by atoms with van der Waals surface area (Å²) in [5.41, 5.74) is 1.33. The standard InChI is InChI=1S/C12H18O.C2H6/c1-3-7-11-8-5-6-9-12(11)13-10-4-2;1-2/h5-6,8-9H,3-4,7,10H2,1-2H3;1-2H3. The van der Waals surface area contributed by atoms with E-state index in [4.69, 9.17) is 4.74 Å². The molecule has 1 aromatic carbocycles. The summed E-state index contributed by atoms with van der Waals surface area (Å²) in [4.78, 5) is 0. The van der Waals surface area contributed by atoms with Gasteiger partial charge in [-0.15, -0.1) is 0 Å². The van der Waals surface area contributed by atoms with Gasteiger partial charge >= 0.3 is 0 Å². The van der Waals surface area contributed by atoms with Gasteiger partial charge < -0.3 is 4.74 Å². The van der Waals surface area contributed by atoms with Crippen molar-refractivity contribution in [3.05, 3.63) is 29.8 Å². The molecular formula is C14H24O. The van der Waals surface area contributed by atoms with Crippen molar-refractivity contribution < 1.29 is 4.74 Å². The Bertz CT molecular complexity index is 243. The number of aryl methyl sites for hydroxylation is 1. The van der Waals surface area contributed by atoms with Crippen molar-refractivity contribution in [2.45, 2.75) is 47.0 Å². The molecule has 15 heavy (non-hydrogen) atoms. The molecule has 0 spiro atoms. The molecule has 0 N–H and O–H groups in total. The lowest BCUT2D eigenvalue weighted by Crippen LogP contribution is -1.98. The van der Waals surface area contributed by atoms with E-state index in [9.17, 15) is 0 Å². The summed E-state index contributed by atoms with van der Waals surface area (Å²) in [7, 11) is 0. The third-order valence-electron chi connectivity index (χ3n) is 1.95. The first-order chi connectivity index (χ1) is 7.38. The van der Waals surface area contributed by atoms with Crippen molar-refractivity contribution in [1.82, 2.24) is 0 Å². The average molecular weight is 208 g/mol. The minimum absolute atomic E-state index is 0.820. The molecule has 1 aromatic rings. The van der Waals surface area contributed by atoms with Gasteiger partial charge in [-0.3, -0.25) is 0 Å². The van der Waals surface area contributed by atoms with E-state index in [-0.39, 0.29) is 0 Å². The third kappa shape index (κ3) is 5.46. The van der Waals surface area contributed by atoms with E-state index < -0.39 is 0 Å². The molecule has 0 aliphatic heterocycles. The molecule has 0 radical (unpaired) electrons. The van der Waals surface area contributed by atoms with Crippen LogP contribution in [0.3, 0.4) is 0 Å². The molecule has 1 heteroatoms. The van der Waals surface area contributed by atoms with Gasteiger partial charge in [0.15, 0.2) is 0 Å². The van der Waals surface area contributed by atoms with Gasteiger partial charge in [0.25, 0.3) is 0 Å². The second-order valence-corrected chi connectivity index (χ2v) is 3.21. The Kier molecular flexibility index (Phi) is 8.95. The van der Waals surface area contributed by atoms with Crippen LogP contribution in [0.15, 0.2) is 24.3 Å². The van der Waals surface area contributed by atoms with Crippen molar-refractivity contribution in [3.8, 4) is 5.75 Å². The molecule has 1 nitrogen and oxygen atoms in total. The summed E-state index contributed by atoms with van der Waals surface area (Å²) in [6.07, 6.45) is 3.35. The van der Waals surface area contributed by atoms with E-state index in [1.165, 1.54) is 12.0 Å². The summed E-state index contributed by atoms with van der Waals surface area (Å²) in [5, 5.41) is 0. The molecule has 1 rings (SSSR count). The smallest absolute Gasteiger partial charge is 0.122 e. The fraction of sp³-hybridized carbons (Fsp3) is 0.571. The Hall–Kier alpha value is -0.980. The third-order valence-corrected chi connectivity index (χ3v) is 1.95. The van der Waals surface area contributed by atoms with Crippen LogP contribution in [0, 0.1) is 0 Å². The first-order valence-electron chi connectivity index (χ1n) is 6.09. The van der Waals surface area contributed by atoms with Crippen LogP contribution in [0.25, 0.3) is 0 Å². The van der Waals surface area contributed by atoms with E-state index in [0.29, 0.717) is 0 Å². The number of rotatable bonds is 5. The van der Waals surface area contributed by atoms with Crippen LogP contribution in [0.1, 0.15) is 46.1 Å². The second kappa shape index (κ2) is 9.57. The van der Waals surface area contributed by atoms with E-state index in [1.807, 2.05) is 19.9 Å². The molecule has 0 aromatic heterocycles. The van der Waals surface area contributed by atoms with Gasteiger partial charge in [-0.25, -0.2) is 0 Å². The summed E-state index contributed by atoms with van der Waals surface area (Å²) < 4.78 is 5.64. The van der Waals surface area contributed by atoms with Crippen LogP contribution in [0.2, 0.25) is 0 Å². The fourth-order valence-electron chi connectivity index (χ4n) is 1.33. The van der Waals surface area contributed by atoms with Crippen molar-refractivity contribution in [2.24, 2.45) is 0 Å². The zero-order valence-corrected chi connectivity index (χ0v) is 10.5. The van der Waals surface area contributed by atoms with Crippen LogP contribution in [0.5, 0.6) is 5.75 Å². The molecular weight excluding hydrogens is 184 g/mol. The number of ether oxygens (including phenoxy) is 1. The number of hydrogen-bond acceptors (Lipinski definition) is 1. The Morgan fingerprint density at radius 3 is 2.27 bits per heavy atom. The lowest BCUT2D eigenvalue weighted by molar-refractivity contribution is 0.314. The summed E-state index contributed by atoms with van der Waals surface area (Å²) >= 11 is 0. The Morgan fingerprint density at radius 2 is 1.67 bits per heavy atom. The zero-order chi connectivity index (χ0) is 11.5. The number of para-hydroxylation sites is 1. The second-order valence-electron chi connectivity index (χ2n) is 3.21. The molecule has 0 aliphatic rings. The van der Waals surface area contributed by atoms with Crippen LogP contribution in [0.4, 0.5) is 0 Å². The van der Waals surface area contributed by atoms with E-state index in [0.717, 1.165) is 25.2 Å². The van der Waals surface area contributed by atoms with Gasteiger partial charge in [-0.05, 0) is 24.5 Å². The molecule has 0 saturated heterocycles. The predicted molar refractivity (Wildman–Crippen MR) is 67.6 cm³/mol. The Balaban J connectivity index is 0.000000921. The van der Waals surface area contributed by atoms with Crippen LogP contribution >= 0.6 is 0 Å². The quantitative estimate of drug-likeness (QED) is 0.694. The van der Waals surface area contributed by atoms with Crippen LogP contribution < -0.4 is 4.74 Å². The molecule has 0 atom stereocenters. The minimum Gasteiger partial charge on any atom is -0.493 e. The first kappa shape index (κ1) is 14.0. The highest BCUT2D eigenvalue weighted by atomic mass is 16.5. The maximum Gasteiger partial charge on any atom is 0.122 e. The van der Waals surface area contributed by atoms with Gasteiger partial charge in [0.1, 0.15) is 5.75 Å². The van der Waals surface area contributed by atoms with Crippen LogP contribution in [-0.4, -0.2) is 6.61 Å². The summed E-state index contributed by atoms with van der Waals surface area (Å²) in [5.74, 6) is 1.06. The Labute approximate surface area is 94.5 Å². The first-order valence-corrected chi connectivity index (χ1v) is 6.09. The Morgan fingerprint density at radius 1 is 1.00 bits per heavy atom. The van der Waals surface area contributed by atoms with E-state index >= 15 is 0 Å². The SMILES string of the molecule is CC.CCCOc1ccccc1CCC. The lowest BCUT2D eigenvalue weighted by Gasteiger charge is -2.09. The highest BCUT2D eigenvalue weighted by molar-refractivity contribution is 5.33. The summed E-state index contributed by atoms with van der Waals surface area (Å²) in [6.45, 7) is 9.14. The molecule has 0 aliphatic carbocycles. The summed E-state index contributed by atoms with van der Waals surface area (Å²) in [6, 6.07) is 8.31. The monoisotopic (exact) mass is 208 g/mol. The highest BCUT2D eigenvalue weighted by Gasteiger charge is 2.00. The molecule has 0 amide bonds. The van der Waals surface area contributed by atoms with E-state index in [2.05, 4.69) is 32.0 Å². The highest BCUT2D eigenvalue weighted by Crippen LogP contribution is 2.19. The van der Waals surface area contributed by atoms with Gasteiger partial charge in [0.05, 0.1) is 6.61 Å². The van der Waals surface area contributed by atoms with Gasteiger partial charge in [-0.2, -0.15) is 0 Å². The number of benzene rings is 1. The van der Waals surface area contributed by atoms with Gasteiger partial charge in [-0.1, -0.05) is 52.3 Å². The van der Waals surface area contributed by atoms with Crippen molar-refractivity contribution in [3.63, 3.8) is 0 Å². The maximum atomic E-state index is 5.64. The maximum absolute atomic E-state index is 5.64. The lowest BCUT2D eigenvalue weighted by atomic mass is 10.1. The largest absolute Gasteiger partial charge is 0.493 e. The van der Waals surface area contributed by atoms with Crippen molar-refractivity contribution >= 4 is 0 Å². The topological polar surface area (TPSA) is 9.23 Å². The molecule has 0 heterocycles. The zero-order valence-electron chi connectivity index (χ0n) is 10.5. The van der Waals surface area contributed by atoms with Crippen LogP contribution in [-0.2, 0) is 6.42 Å².